The van der Waals surface area contributed by atoms with E-state index in [1.54, 1.807) is 6.07 Å². The van der Waals surface area contributed by atoms with Gasteiger partial charge in [-0.2, -0.15) is 0 Å². The van der Waals surface area contributed by atoms with Crippen LogP contribution in [-0.2, 0) is 6.54 Å². The van der Waals surface area contributed by atoms with Crippen LogP contribution >= 0.6 is 0 Å². The summed E-state index contributed by atoms with van der Waals surface area (Å²) in [5.74, 6) is -0.122. The first-order valence-corrected chi connectivity index (χ1v) is 5.91. The molecule has 0 radical (unpaired) electrons. The number of halogens is 1. The van der Waals surface area contributed by atoms with E-state index in [-0.39, 0.29) is 5.82 Å². The maximum Gasteiger partial charge on any atom is 0.146 e. The van der Waals surface area contributed by atoms with Gasteiger partial charge < -0.3 is 10.2 Å². The van der Waals surface area contributed by atoms with Crippen molar-refractivity contribution in [2.45, 2.75) is 26.8 Å². The van der Waals surface area contributed by atoms with Crippen LogP contribution in [0.25, 0.3) is 0 Å². The van der Waals surface area contributed by atoms with Crippen LogP contribution in [0.5, 0.6) is 0 Å². The molecule has 0 aromatic heterocycles. The van der Waals surface area contributed by atoms with Gasteiger partial charge in [-0.15, -0.1) is 0 Å². The molecule has 0 bridgehead atoms. The maximum absolute atomic E-state index is 13.9. The van der Waals surface area contributed by atoms with Crippen LogP contribution in [0.4, 0.5) is 10.1 Å². The first kappa shape index (κ1) is 13.0. The van der Waals surface area contributed by atoms with Crippen molar-refractivity contribution in [1.82, 2.24) is 5.32 Å². The molecule has 0 unspecified atom stereocenters. The Hall–Kier alpha value is -1.09. The van der Waals surface area contributed by atoms with Crippen LogP contribution in [0.2, 0.25) is 0 Å². The Morgan fingerprint density at radius 2 is 2.06 bits per heavy atom. The van der Waals surface area contributed by atoms with Gasteiger partial charge in [-0.1, -0.05) is 19.1 Å². The lowest BCUT2D eigenvalue weighted by Gasteiger charge is -2.25. The molecule has 1 N–H and O–H groups in total. The minimum atomic E-state index is -0.122. The molecule has 0 amide bonds. The minimum Gasteiger partial charge on any atom is -0.369 e. The summed E-state index contributed by atoms with van der Waals surface area (Å²) < 4.78 is 13.9. The van der Waals surface area contributed by atoms with E-state index in [4.69, 9.17) is 0 Å². The minimum absolute atomic E-state index is 0.122. The van der Waals surface area contributed by atoms with E-state index in [0.29, 0.717) is 6.54 Å². The Morgan fingerprint density at radius 3 is 2.62 bits per heavy atom. The molecule has 0 aliphatic rings. The summed E-state index contributed by atoms with van der Waals surface area (Å²) in [5, 5.41) is 3.08. The maximum atomic E-state index is 13.9. The summed E-state index contributed by atoms with van der Waals surface area (Å²) in [7, 11) is 1.88. The second-order valence-electron chi connectivity index (χ2n) is 3.86. The topological polar surface area (TPSA) is 15.3 Å². The number of benzene rings is 1. The van der Waals surface area contributed by atoms with Gasteiger partial charge in [0.1, 0.15) is 5.82 Å². The molecule has 0 heterocycles. The lowest BCUT2D eigenvalue weighted by Crippen LogP contribution is -2.26. The summed E-state index contributed by atoms with van der Waals surface area (Å²) in [5.41, 5.74) is 1.78. The monoisotopic (exact) mass is 224 g/mol. The van der Waals surface area contributed by atoms with Gasteiger partial charge in [0.05, 0.1) is 5.69 Å². The van der Waals surface area contributed by atoms with E-state index < -0.39 is 0 Å². The van der Waals surface area contributed by atoms with E-state index in [2.05, 4.69) is 24.1 Å². The third kappa shape index (κ3) is 2.95. The molecule has 90 valence electrons. The summed E-state index contributed by atoms with van der Waals surface area (Å²) >= 11 is 0. The quantitative estimate of drug-likeness (QED) is 0.799. The van der Waals surface area contributed by atoms with Gasteiger partial charge in [-0.3, -0.25) is 0 Å². The van der Waals surface area contributed by atoms with Gasteiger partial charge in [0.2, 0.25) is 0 Å². The van der Waals surface area contributed by atoms with Gasteiger partial charge in [0.15, 0.2) is 0 Å². The van der Waals surface area contributed by atoms with E-state index in [0.717, 1.165) is 30.8 Å². The second kappa shape index (κ2) is 6.48. The molecule has 0 aliphatic heterocycles. The SMILES string of the molecule is CCCN(CC)c1c(F)cccc1CNC. The summed E-state index contributed by atoms with van der Waals surface area (Å²) in [6.45, 7) is 6.61. The van der Waals surface area contributed by atoms with Crippen LogP contribution in [-0.4, -0.2) is 20.1 Å². The number of nitrogens with one attached hydrogen (secondary N) is 1. The summed E-state index contributed by atoms with van der Waals surface area (Å²) in [6, 6.07) is 5.28. The van der Waals surface area contributed by atoms with Crippen LogP contribution in [0, 0.1) is 5.82 Å². The van der Waals surface area contributed by atoms with Crippen molar-refractivity contribution in [3.63, 3.8) is 0 Å². The standard InChI is InChI=1S/C13H21FN2/c1-4-9-16(5-2)13-11(10-15-3)7-6-8-12(13)14/h6-8,15H,4-5,9-10H2,1-3H3. The summed E-state index contributed by atoms with van der Waals surface area (Å²) in [4.78, 5) is 2.10. The third-order valence-electron chi connectivity index (χ3n) is 2.63. The fourth-order valence-corrected chi connectivity index (χ4v) is 1.95. The smallest absolute Gasteiger partial charge is 0.146 e. The fourth-order valence-electron chi connectivity index (χ4n) is 1.95. The lowest BCUT2D eigenvalue weighted by molar-refractivity contribution is 0.612. The Labute approximate surface area is 97.5 Å². The molecule has 0 spiro atoms. The van der Waals surface area contributed by atoms with Crippen molar-refractivity contribution in [2.24, 2.45) is 0 Å². The number of hydrogen-bond acceptors (Lipinski definition) is 2. The molecular weight excluding hydrogens is 203 g/mol. The predicted molar refractivity (Wildman–Crippen MR) is 67.3 cm³/mol. The highest BCUT2D eigenvalue weighted by atomic mass is 19.1. The average molecular weight is 224 g/mol. The van der Waals surface area contributed by atoms with Gasteiger partial charge >= 0.3 is 0 Å². The molecule has 1 rings (SSSR count). The Balaban J connectivity index is 3.06. The molecule has 1 aromatic carbocycles. The van der Waals surface area contributed by atoms with Gasteiger partial charge in [-0.05, 0) is 32.0 Å². The molecule has 0 saturated heterocycles. The van der Waals surface area contributed by atoms with Crippen molar-refractivity contribution in [1.29, 1.82) is 0 Å². The largest absolute Gasteiger partial charge is 0.369 e. The number of para-hydroxylation sites is 1. The number of nitrogens with zero attached hydrogens (tertiary/aromatic N) is 1. The first-order chi connectivity index (χ1) is 7.74. The van der Waals surface area contributed by atoms with Crippen molar-refractivity contribution < 1.29 is 4.39 Å². The van der Waals surface area contributed by atoms with Crippen molar-refractivity contribution in [3.8, 4) is 0 Å². The highest BCUT2D eigenvalue weighted by Crippen LogP contribution is 2.24. The van der Waals surface area contributed by atoms with Gasteiger partial charge in [-0.25, -0.2) is 4.39 Å². The Bertz CT molecular complexity index is 326. The summed E-state index contributed by atoms with van der Waals surface area (Å²) in [6.07, 6.45) is 1.03. The van der Waals surface area contributed by atoms with Gasteiger partial charge in [0.25, 0.3) is 0 Å². The fraction of sp³-hybridized carbons (Fsp3) is 0.538. The molecule has 0 atom stereocenters. The van der Waals surface area contributed by atoms with E-state index in [1.807, 2.05) is 13.1 Å². The van der Waals surface area contributed by atoms with Crippen LogP contribution in [0.1, 0.15) is 25.8 Å². The van der Waals surface area contributed by atoms with Gasteiger partial charge in [0, 0.05) is 19.6 Å². The number of rotatable bonds is 6. The molecule has 2 nitrogen and oxygen atoms in total. The zero-order valence-corrected chi connectivity index (χ0v) is 10.4. The van der Waals surface area contributed by atoms with E-state index >= 15 is 0 Å². The van der Waals surface area contributed by atoms with E-state index in [9.17, 15) is 4.39 Å². The average Bonchev–Trinajstić information content (AvgIpc) is 2.28. The highest BCUT2D eigenvalue weighted by Gasteiger charge is 2.13. The molecule has 0 fully saturated rings. The normalized spacial score (nSPS) is 10.5. The molecule has 16 heavy (non-hydrogen) atoms. The second-order valence-corrected chi connectivity index (χ2v) is 3.86. The van der Waals surface area contributed by atoms with Crippen LogP contribution in [0.3, 0.4) is 0 Å². The van der Waals surface area contributed by atoms with Crippen molar-refractivity contribution in [3.05, 3.63) is 29.6 Å². The molecular formula is C13H21FN2. The van der Waals surface area contributed by atoms with Crippen molar-refractivity contribution >= 4 is 5.69 Å². The Morgan fingerprint density at radius 1 is 1.31 bits per heavy atom. The Kier molecular flexibility index (Phi) is 5.26. The molecule has 3 heteroatoms. The molecule has 0 saturated carbocycles. The molecule has 0 aliphatic carbocycles. The van der Waals surface area contributed by atoms with Crippen molar-refractivity contribution in [2.75, 3.05) is 25.0 Å². The zero-order valence-electron chi connectivity index (χ0n) is 10.4. The van der Waals surface area contributed by atoms with Crippen LogP contribution in [0.15, 0.2) is 18.2 Å². The number of hydrogen-bond donors (Lipinski definition) is 1. The third-order valence-corrected chi connectivity index (χ3v) is 2.63. The van der Waals surface area contributed by atoms with Crippen LogP contribution < -0.4 is 10.2 Å². The lowest BCUT2D eigenvalue weighted by atomic mass is 10.1. The predicted octanol–water partition coefficient (Wildman–Crippen LogP) is 2.78. The highest BCUT2D eigenvalue weighted by molar-refractivity contribution is 5.54. The van der Waals surface area contributed by atoms with E-state index in [1.165, 1.54) is 6.07 Å². The number of anilines is 1. The molecule has 1 aromatic rings. The first-order valence-electron chi connectivity index (χ1n) is 5.91. The zero-order chi connectivity index (χ0) is 12.0.